The Morgan fingerprint density at radius 2 is 2.05 bits per heavy atom. The van der Waals surface area contributed by atoms with Gasteiger partial charge in [-0.1, -0.05) is 26.7 Å². The predicted octanol–water partition coefficient (Wildman–Crippen LogP) is 2.80. The molecule has 0 aliphatic heterocycles. The van der Waals surface area contributed by atoms with Crippen LogP contribution in [0.5, 0.6) is 0 Å². The maximum absolute atomic E-state index is 5.85. The van der Waals surface area contributed by atoms with Gasteiger partial charge in [-0.05, 0) is 44.1 Å². The summed E-state index contributed by atoms with van der Waals surface area (Å²) >= 11 is 0. The summed E-state index contributed by atoms with van der Waals surface area (Å²) in [5.41, 5.74) is 5.49. The Morgan fingerprint density at radius 3 is 2.58 bits per heavy atom. The number of rotatable bonds is 5. The van der Waals surface area contributed by atoms with Crippen LogP contribution in [0.1, 0.15) is 63.9 Å². The average molecular weight is 264 g/mol. The van der Waals surface area contributed by atoms with Crippen LogP contribution in [0.4, 0.5) is 0 Å². The number of aryl methyl sites for hydroxylation is 2. The van der Waals surface area contributed by atoms with Gasteiger partial charge in [0, 0.05) is 6.54 Å². The van der Waals surface area contributed by atoms with Crippen molar-refractivity contribution >= 4 is 0 Å². The minimum absolute atomic E-state index is 0.250. The van der Waals surface area contributed by atoms with Crippen molar-refractivity contribution in [2.75, 3.05) is 0 Å². The quantitative estimate of drug-likeness (QED) is 0.635. The van der Waals surface area contributed by atoms with E-state index in [-0.39, 0.29) is 6.04 Å². The third-order valence-electron chi connectivity index (χ3n) is 4.55. The molecular formula is C15H28N4. The van der Waals surface area contributed by atoms with Gasteiger partial charge in [0.1, 0.15) is 0 Å². The number of hydrazine groups is 1. The van der Waals surface area contributed by atoms with E-state index in [0.29, 0.717) is 5.92 Å². The first-order valence-corrected chi connectivity index (χ1v) is 7.72. The molecule has 1 atom stereocenters. The fourth-order valence-electron chi connectivity index (χ4n) is 3.25. The van der Waals surface area contributed by atoms with Crippen molar-refractivity contribution in [1.82, 2.24) is 15.2 Å². The van der Waals surface area contributed by atoms with Gasteiger partial charge in [-0.3, -0.25) is 16.0 Å². The van der Waals surface area contributed by atoms with Gasteiger partial charge in [0.15, 0.2) is 0 Å². The highest BCUT2D eigenvalue weighted by Gasteiger charge is 2.28. The van der Waals surface area contributed by atoms with Gasteiger partial charge in [-0.2, -0.15) is 5.10 Å². The van der Waals surface area contributed by atoms with E-state index >= 15 is 0 Å². The van der Waals surface area contributed by atoms with Crippen LogP contribution >= 0.6 is 0 Å². The molecule has 1 saturated carbocycles. The van der Waals surface area contributed by atoms with Crippen LogP contribution in [-0.2, 0) is 13.0 Å². The van der Waals surface area contributed by atoms with Crippen molar-refractivity contribution in [2.45, 2.75) is 65.5 Å². The molecule has 1 aliphatic rings. The lowest BCUT2D eigenvalue weighted by Gasteiger charge is -2.32. The highest BCUT2D eigenvalue weighted by Crippen LogP contribution is 2.36. The molecule has 3 N–H and O–H groups in total. The topological polar surface area (TPSA) is 55.9 Å². The van der Waals surface area contributed by atoms with E-state index in [2.05, 4.69) is 42.0 Å². The van der Waals surface area contributed by atoms with Crippen molar-refractivity contribution in [2.24, 2.45) is 17.7 Å². The van der Waals surface area contributed by atoms with Crippen molar-refractivity contribution in [3.8, 4) is 0 Å². The van der Waals surface area contributed by atoms with Crippen molar-refractivity contribution < 1.29 is 0 Å². The Balaban J connectivity index is 2.18. The third-order valence-corrected chi connectivity index (χ3v) is 4.55. The zero-order chi connectivity index (χ0) is 13.8. The molecular weight excluding hydrogens is 236 g/mol. The maximum atomic E-state index is 5.85. The predicted molar refractivity (Wildman–Crippen MR) is 78.5 cm³/mol. The number of nitrogens with one attached hydrogen (secondary N) is 1. The van der Waals surface area contributed by atoms with Gasteiger partial charge < -0.3 is 0 Å². The summed E-state index contributed by atoms with van der Waals surface area (Å²) in [6, 6.07) is 2.48. The number of nitrogens with zero attached hydrogens (tertiary/aromatic N) is 2. The van der Waals surface area contributed by atoms with Crippen LogP contribution in [0, 0.1) is 11.8 Å². The molecule has 1 aromatic heterocycles. The lowest BCUT2D eigenvalue weighted by atomic mass is 9.78. The maximum Gasteiger partial charge on any atom is 0.0657 e. The lowest BCUT2D eigenvalue weighted by molar-refractivity contribution is 0.225. The van der Waals surface area contributed by atoms with Gasteiger partial charge in [-0.15, -0.1) is 0 Å². The molecule has 19 heavy (non-hydrogen) atoms. The monoisotopic (exact) mass is 264 g/mol. The van der Waals surface area contributed by atoms with E-state index in [1.807, 2.05) is 0 Å². The molecule has 108 valence electrons. The lowest BCUT2D eigenvalue weighted by Crippen LogP contribution is -2.36. The molecule has 1 aromatic rings. The Kier molecular flexibility index (Phi) is 4.99. The van der Waals surface area contributed by atoms with E-state index in [4.69, 9.17) is 5.84 Å². The molecule has 1 heterocycles. The fraction of sp³-hybridized carbons (Fsp3) is 0.800. The summed E-state index contributed by atoms with van der Waals surface area (Å²) in [4.78, 5) is 0. The summed E-state index contributed by atoms with van der Waals surface area (Å²) in [5, 5.41) is 4.65. The molecule has 2 rings (SSSR count). The van der Waals surface area contributed by atoms with Gasteiger partial charge in [0.25, 0.3) is 0 Å². The summed E-state index contributed by atoms with van der Waals surface area (Å²) in [7, 11) is 0. The molecule has 0 bridgehead atoms. The first-order valence-electron chi connectivity index (χ1n) is 7.72. The number of aromatic nitrogens is 2. The van der Waals surface area contributed by atoms with Crippen LogP contribution in [0.25, 0.3) is 0 Å². The standard InChI is InChI=1S/C15H28N4/c1-4-13-10-14(19(5-2)18-13)15(17-16)12-8-6-11(3)7-9-12/h10-12,15,17H,4-9,16H2,1-3H3. The highest BCUT2D eigenvalue weighted by molar-refractivity contribution is 5.15. The number of hydrogen-bond acceptors (Lipinski definition) is 3. The molecule has 0 radical (unpaired) electrons. The van der Waals surface area contributed by atoms with Crippen molar-refractivity contribution in [1.29, 1.82) is 0 Å². The molecule has 1 unspecified atom stereocenters. The molecule has 4 heteroatoms. The molecule has 1 aliphatic carbocycles. The van der Waals surface area contributed by atoms with Crippen LogP contribution < -0.4 is 11.3 Å². The molecule has 0 saturated heterocycles. The van der Waals surface area contributed by atoms with Crippen molar-refractivity contribution in [3.63, 3.8) is 0 Å². The summed E-state index contributed by atoms with van der Waals surface area (Å²) in [6.45, 7) is 7.56. The smallest absolute Gasteiger partial charge is 0.0657 e. The largest absolute Gasteiger partial charge is 0.271 e. The molecule has 1 fully saturated rings. The van der Waals surface area contributed by atoms with E-state index in [1.165, 1.54) is 37.1 Å². The second-order valence-electron chi connectivity index (χ2n) is 5.89. The summed E-state index contributed by atoms with van der Waals surface area (Å²) < 4.78 is 2.11. The zero-order valence-corrected chi connectivity index (χ0v) is 12.5. The fourth-order valence-corrected chi connectivity index (χ4v) is 3.25. The molecule has 0 aromatic carbocycles. The Hall–Kier alpha value is -0.870. The number of hydrogen-bond donors (Lipinski definition) is 2. The molecule has 0 amide bonds. The van der Waals surface area contributed by atoms with Crippen LogP contribution in [-0.4, -0.2) is 9.78 Å². The van der Waals surface area contributed by atoms with Crippen LogP contribution in [0.3, 0.4) is 0 Å². The van der Waals surface area contributed by atoms with Gasteiger partial charge in [-0.25, -0.2) is 0 Å². The number of nitrogens with two attached hydrogens (primary N) is 1. The second kappa shape index (κ2) is 6.53. The zero-order valence-electron chi connectivity index (χ0n) is 12.5. The van der Waals surface area contributed by atoms with E-state index in [9.17, 15) is 0 Å². The minimum Gasteiger partial charge on any atom is -0.271 e. The molecule has 0 spiro atoms. The highest BCUT2D eigenvalue weighted by atomic mass is 15.3. The summed E-state index contributed by atoms with van der Waals surface area (Å²) in [5.74, 6) is 7.37. The first kappa shape index (κ1) is 14.5. The Bertz CT molecular complexity index is 391. The third kappa shape index (κ3) is 3.18. The normalized spacial score (nSPS) is 25.5. The van der Waals surface area contributed by atoms with Gasteiger partial charge in [0.05, 0.1) is 17.4 Å². The van der Waals surface area contributed by atoms with Gasteiger partial charge >= 0.3 is 0 Å². The average Bonchev–Trinajstić information content (AvgIpc) is 2.85. The Morgan fingerprint density at radius 1 is 1.37 bits per heavy atom. The van der Waals surface area contributed by atoms with E-state index < -0.39 is 0 Å². The summed E-state index contributed by atoms with van der Waals surface area (Å²) in [6.07, 6.45) is 6.17. The van der Waals surface area contributed by atoms with Crippen LogP contribution in [0.2, 0.25) is 0 Å². The van der Waals surface area contributed by atoms with Crippen molar-refractivity contribution in [3.05, 3.63) is 17.5 Å². The van der Waals surface area contributed by atoms with E-state index in [0.717, 1.165) is 18.9 Å². The SMILES string of the molecule is CCc1cc(C(NN)C2CCC(C)CC2)n(CC)n1. The van der Waals surface area contributed by atoms with E-state index in [1.54, 1.807) is 0 Å². The molecule has 4 nitrogen and oxygen atoms in total. The Labute approximate surface area is 116 Å². The first-order chi connectivity index (χ1) is 9.19. The van der Waals surface area contributed by atoms with Gasteiger partial charge in [0.2, 0.25) is 0 Å². The second-order valence-corrected chi connectivity index (χ2v) is 5.89. The van der Waals surface area contributed by atoms with Crippen LogP contribution in [0.15, 0.2) is 6.07 Å². The minimum atomic E-state index is 0.250.